The van der Waals surface area contributed by atoms with Crippen molar-refractivity contribution < 1.29 is 9.66 Å². The fraction of sp³-hybridized carbons (Fsp3) is 0.182. The van der Waals surface area contributed by atoms with Crippen molar-refractivity contribution >= 4 is 38.1 Å². The number of ether oxygens (including phenoxy) is 1. The summed E-state index contributed by atoms with van der Waals surface area (Å²) < 4.78 is 6.15. The molecular formula is C11H10BrN3O3S. The summed E-state index contributed by atoms with van der Waals surface area (Å²) in [4.78, 5) is 14.6. The minimum atomic E-state index is -0.470. The van der Waals surface area contributed by atoms with Crippen LogP contribution in [0, 0.1) is 17.0 Å². The molecule has 0 atom stereocenters. The Balaban J connectivity index is 2.26. The van der Waals surface area contributed by atoms with Crippen LogP contribution >= 0.6 is 27.3 Å². The van der Waals surface area contributed by atoms with E-state index in [1.54, 1.807) is 18.4 Å². The number of nitro benzene ring substituents is 1. The van der Waals surface area contributed by atoms with Gasteiger partial charge >= 0.3 is 5.69 Å². The summed E-state index contributed by atoms with van der Waals surface area (Å²) in [7, 11) is 0. The molecule has 0 aliphatic rings. The Labute approximate surface area is 121 Å². The summed E-state index contributed by atoms with van der Waals surface area (Å²) in [6.45, 7) is 1.90. The maximum Gasteiger partial charge on any atom is 0.312 e. The van der Waals surface area contributed by atoms with Crippen molar-refractivity contribution in [1.29, 1.82) is 0 Å². The maximum atomic E-state index is 11.0. The molecule has 0 saturated carbocycles. The van der Waals surface area contributed by atoms with Gasteiger partial charge in [0.2, 0.25) is 5.75 Å². The first kappa shape index (κ1) is 13.8. The fourth-order valence-electron chi connectivity index (χ4n) is 1.57. The highest BCUT2D eigenvalue weighted by molar-refractivity contribution is 9.10. The number of hydrogen-bond acceptors (Lipinski definition) is 6. The number of benzene rings is 1. The molecule has 1 aromatic carbocycles. The number of anilines is 1. The molecule has 0 saturated heterocycles. The number of hydrogen-bond donors (Lipinski definition) is 1. The third kappa shape index (κ3) is 3.21. The van der Waals surface area contributed by atoms with Crippen LogP contribution in [0.2, 0.25) is 0 Å². The van der Waals surface area contributed by atoms with E-state index in [1.165, 1.54) is 17.4 Å². The molecule has 0 radical (unpaired) electrons. The second-order valence-electron chi connectivity index (χ2n) is 3.79. The quantitative estimate of drug-likeness (QED) is 0.679. The van der Waals surface area contributed by atoms with Gasteiger partial charge in [0, 0.05) is 15.9 Å². The standard InChI is InChI=1S/C11H10BrN3O3S/c1-6-2-7(12)3-9(15(16)17)10(6)18-4-8-5-19-11(13)14-8/h2-3,5H,4H2,1H3,(H2,13,14). The monoisotopic (exact) mass is 343 g/mol. The van der Waals surface area contributed by atoms with Crippen LogP contribution in [0.3, 0.4) is 0 Å². The maximum absolute atomic E-state index is 11.0. The van der Waals surface area contributed by atoms with E-state index in [0.29, 0.717) is 20.9 Å². The predicted molar refractivity (Wildman–Crippen MR) is 76.4 cm³/mol. The molecule has 19 heavy (non-hydrogen) atoms. The molecule has 0 fully saturated rings. The Hall–Kier alpha value is -1.67. The number of aryl methyl sites for hydroxylation is 1. The van der Waals surface area contributed by atoms with Gasteiger partial charge in [-0.15, -0.1) is 11.3 Å². The van der Waals surface area contributed by atoms with Gasteiger partial charge in [0.1, 0.15) is 6.61 Å². The third-order valence-corrected chi connectivity index (χ3v) is 3.53. The number of nitrogens with zero attached hydrogens (tertiary/aromatic N) is 2. The zero-order valence-corrected chi connectivity index (χ0v) is 12.3. The number of nitro groups is 1. The van der Waals surface area contributed by atoms with Crippen molar-refractivity contribution in [2.24, 2.45) is 0 Å². The van der Waals surface area contributed by atoms with Gasteiger partial charge in [0.05, 0.1) is 10.6 Å². The van der Waals surface area contributed by atoms with E-state index in [4.69, 9.17) is 10.5 Å². The first-order valence-corrected chi connectivity index (χ1v) is 6.92. The first-order valence-electron chi connectivity index (χ1n) is 5.24. The van der Waals surface area contributed by atoms with E-state index in [2.05, 4.69) is 20.9 Å². The van der Waals surface area contributed by atoms with Crippen LogP contribution in [0.25, 0.3) is 0 Å². The summed E-state index contributed by atoms with van der Waals surface area (Å²) in [5.74, 6) is 0.250. The van der Waals surface area contributed by atoms with Crippen LogP contribution in [-0.2, 0) is 6.61 Å². The summed E-state index contributed by atoms with van der Waals surface area (Å²) in [6.07, 6.45) is 0. The normalized spacial score (nSPS) is 10.4. The van der Waals surface area contributed by atoms with Gasteiger partial charge in [-0.2, -0.15) is 0 Å². The van der Waals surface area contributed by atoms with Crippen LogP contribution < -0.4 is 10.5 Å². The van der Waals surface area contributed by atoms with Crippen LogP contribution in [0.1, 0.15) is 11.3 Å². The van der Waals surface area contributed by atoms with Crippen LogP contribution in [0.4, 0.5) is 10.8 Å². The molecular weight excluding hydrogens is 334 g/mol. The third-order valence-electron chi connectivity index (χ3n) is 2.35. The van der Waals surface area contributed by atoms with Crippen LogP contribution in [-0.4, -0.2) is 9.91 Å². The minimum absolute atomic E-state index is 0.0740. The fourth-order valence-corrected chi connectivity index (χ4v) is 2.68. The first-order chi connectivity index (χ1) is 8.97. The summed E-state index contributed by atoms with van der Waals surface area (Å²) in [5, 5.41) is 13.2. The lowest BCUT2D eigenvalue weighted by Crippen LogP contribution is -2.01. The zero-order valence-electron chi connectivity index (χ0n) is 9.92. The Morgan fingerprint density at radius 1 is 1.58 bits per heavy atom. The highest BCUT2D eigenvalue weighted by Crippen LogP contribution is 2.34. The number of nitrogen functional groups attached to an aromatic ring is 1. The zero-order chi connectivity index (χ0) is 14.0. The molecule has 6 nitrogen and oxygen atoms in total. The van der Waals surface area contributed by atoms with Crippen molar-refractivity contribution in [3.05, 3.63) is 43.4 Å². The number of aromatic nitrogens is 1. The largest absolute Gasteiger partial charge is 0.480 e. The van der Waals surface area contributed by atoms with E-state index in [9.17, 15) is 10.1 Å². The minimum Gasteiger partial charge on any atom is -0.480 e. The van der Waals surface area contributed by atoms with Crippen molar-refractivity contribution in [2.45, 2.75) is 13.5 Å². The van der Waals surface area contributed by atoms with Crippen LogP contribution in [0.15, 0.2) is 22.0 Å². The summed E-state index contributed by atoms with van der Waals surface area (Å²) in [5.41, 5.74) is 6.78. The van der Waals surface area contributed by atoms with Crippen LogP contribution in [0.5, 0.6) is 5.75 Å². The number of nitrogens with two attached hydrogens (primary N) is 1. The Morgan fingerprint density at radius 2 is 2.32 bits per heavy atom. The van der Waals surface area contributed by atoms with Gasteiger partial charge in [-0.1, -0.05) is 15.9 Å². The number of thiazole rings is 1. The molecule has 2 N–H and O–H groups in total. The highest BCUT2D eigenvalue weighted by Gasteiger charge is 2.19. The molecule has 0 spiro atoms. The Bertz CT molecular complexity index is 630. The van der Waals surface area contributed by atoms with E-state index in [0.717, 1.165) is 0 Å². The molecule has 100 valence electrons. The van der Waals surface area contributed by atoms with Gasteiger partial charge in [-0.3, -0.25) is 10.1 Å². The van der Waals surface area contributed by atoms with Crippen molar-refractivity contribution in [2.75, 3.05) is 5.73 Å². The second kappa shape index (κ2) is 5.54. The van der Waals surface area contributed by atoms with Crippen molar-refractivity contribution in [3.63, 3.8) is 0 Å². The van der Waals surface area contributed by atoms with Gasteiger partial charge < -0.3 is 10.5 Å². The smallest absolute Gasteiger partial charge is 0.312 e. The molecule has 1 heterocycles. The lowest BCUT2D eigenvalue weighted by atomic mass is 10.2. The molecule has 0 aliphatic heterocycles. The van der Waals surface area contributed by atoms with E-state index in [1.807, 2.05) is 0 Å². The summed E-state index contributed by atoms with van der Waals surface area (Å²) >= 11 is 4.53. The van der Waals surface area contributed by atoms with E-state index < -0.39 is 4.92 Å². The summed E-state index contributed by atoms with van der Waals surface area (Å²) in [6, 6.07) is 3.18. The Morgan fingerprint density at radius 3 is 2.89 bits per heavy atom. The average molecular weight is 344 g/mol. The molecule has 0 aliphatic carbocycles. The van der Waals surface area contributed by atoms with Gasteiger partial charge in [0.25, 0.3) is 0 Å². The van der Waals surface area contributed by atoms with Gasteiger partial charge in [-0.05, 0) is 18.6 Å². The molecule has 2 rings (SSSR count). The second-order valence-corrected chi connectivity index (χ2v) is 5.60. The topological polar surface area (TPSA) is 91.3 Å². The van der Waals surface area contributed by atoms with Gasteiger partial charge in [-0.25, -0.2) is 4.98 Å². The average Bonchev–Trinajstić information content (AvgIpc) is 2.73. The lowest BCUT2D eigenvalue weighted by Gasteiger charge is -2.08. The highest BCUT2D eigenvalue weighted by atomic mass is 79.9. The molecule has 1 aromatic heterocycles. The van der Waals surface area contributed by atoms with Crippen molar-refractivity contribution in [1.82, 2.24) is 4.98 Å². The predicted octanol–water partition coefficient (Wildman–Crippen LogP) is 3.28. The SMILES string of the molecule is Cc1cc(Br)cc([N+](=O)[O-])c1OCc1csc(N)n1. The number of rotatable bonds is 4. The van der Waals surface area contributed by atoms with E-state index >= 15 is 0 Å². The lowest BCUT2D eigenvalue weighted by molar-refractivity contribution is -0.386. The molecule has 0 unspecified atom stereocenters. The number of halogens is 1. The van der Waals surface area contributed by atoms with Gasteiger partial charge in [0.15, 0.2) is 5.13 Å². The molecule has 8 heteroatoms. The Kier molecular flexibility index (Phi) is 4.01. The van der Waals surface area contributed by atoms with E-state index in [-0.39, 0.29) is 18.0 Å². The molecule has 0 amide bonds. The molecule has 2 aromatic rings. The van der Waals surface area contributed by atoms with Crippen molar-refractivity contribution in [3.8, 4) is 5.75 Å². The molecule has 0 bridgehead atoms.